The number of nitrogens with one attached hydrogen (secondary N) is 1. The monoisotopic (exact) mass is 285 g/mol. The Labute approximate surface area is 125 Å². The van der Waals surface area contributed by atoms with E-state index < -0.39 is 0 Å². The van der Waals surface area contributed by atoms with E-state index in [2.05, 4.69) is 52.9 Å². The highest BCUT2D eigenvalue weighted by Gasteiger charge is 2.15. The van der Waals surface area contributed by atoms with Gasteiger partial charge in [0.1, 0.15) is 0 Å². The zero-order valence-corrected chi connectivity index (χ0v) is 12.8. The van der Waals surface area contributed by atoms with Crippen molar-refractivity contribution in [3.8, 4) is 5.69 Å². The van der Waals surface area contributed by atoms with Gasteiger partial charge in [-0.2, -0.15) is 4.68 Å². The highest BCUT2D eigenvalue weighted by atomic mass is 15.5. The van der Waals surface area contributed by atoms with Gasteiger partial charge in [-0.05, 0) is 60.4 Å². The third kappa shape index (κ3) is 3.29. The van der Waals surface area contributed by atoms with E-state index in [0.29, 0.717) is 6.04 Å². The van der Waals surface area contributed by atoms with Crippen molar-refractivity contribution in [1.29, 1.82) is 0 Å². The highest BCUT2D eigenvalue weighted by molar-refractivity contribution is 5.39. The summed E-state index contributed by atoms with van der Waals surface area (Å²) in [4.78, 5) is 0. The third-order valence-corrected chi connectivity index (χ3v) is 4.42. The topological polar surface area (TPSA) is 55.6 Å². The van der Waals surface area contributed by atoms with Gasteiger partial charge in [-0.1, -0.05) is 25.3 Å². The fourth-order valence-corrected chi connectivity index (χ4v) is 2.92. The molecule has 3 rings (SSSR count). The first-order chi connectivity index (χ1) is 10.2. The van der Waals surface area contributed by atoms with Crippen LogP contribution in [0.2, 0.25) is 0 Å². The van der Waals surface area contributed by atoms with Crippen LogP contribution in [0.25, 0.3) is 5.69 Å². The van der Waals surface area contributed by atoms with E-state index in [4.69, 9.17) is 0 Å². The summed E-state index contributed by atoms with van der Waals surface area (Å²) in [5.41, 5.74) is 3.58. The Bertz CT molecular complexity index is 598. The van der Waals surface area contributed by atoms with Gasteiger partial charge in [0.15, 0.2) is 5.82 Å². The Morgan fingerprint density at radius 2 is 1.95 bits per heavy atom. The molecule has 0 saturated heterocycles. The summed E-state index contributed by atoms with van der Waals surface area (Å²) in [6, 6.07) is 6.94. The van der Waals surface area contributed by atoms with Gasteiger partial charge in [-0.15, -0.1) is 5.10 Å². The fraction of sp³-hybridized carbons (Fsp3) is 0.562. The predicted molar refractivity (Wildman–Crippen MR) is 82.3 cm³/mol. The Morgan fingerprint density at radius 3 is 2.71 bits per heavy atom. The van der Waals surface area contributed by atoms with Crippen LogP contribution in [0, 0.1) is 13.8 Å². The largest absolute Gasteiger partial charge is 0.307 e. The van der Waals surface area contributed by atoms with E-state index in [1.165, 1.54) is 43.2 Å². The van der Waals surface area contributed by atoms with Crippen LogP contribution in [-0.4, -0.2) is 26.2 Å². The summed E-state index contributed by atoms with van der Waals surface area (Å²) in [5.74, 6) is 0.879. The molecule has 5 nitrogen and oxygen atoms in total. The lowest BCUT2D eigenvalue weighted by Gasteiger charge is -2.22. The van der Waals surface area contributed by atoms with Crippen molar-refractivity contribution in [1.82, 2.24) is 25.5 Å². The van der Waals surface area contributed by atoms with Crippen molar-refractivity contribution in [2.45, 2.75) is 58.5 Å². The lowest BCUT2D eigenvalue weighted by atomic mass is 9.95. The average Bonchev–Trinajstić information content (AvgIpc) is 2.97. The lowest BCUT2D eigenvalue weighted by molar-refractivity contribution is 0.368. The first-order valence-electron chi connectivity index (χ1n) is 7.82. The maximum absolute atomic E-state index is 4.17. The molecular formula is C16H23N5. The predicted octanol–water partition coefficient (Wildman–Crippen LogP) is 2.70. The van der Waals surface area contributed by atoms with Gasteiger partial charge in [-0.25, -0.2) is 0 Å². The van der Waals surface area contributed by atoms with Crippen LogP contribution in [-0.2, 0) is 6.54 Å². The Morgan fingerprint density at radius 1 is 1.14 bits per heavy atom. The number of nitrogens with zero attached hydrogens (tertiary/aromatic N) is 4. The van der Waals surface area contributed by atoms with Gasteiger partial charge in [0.05, 0.1) is 12.2 Å². The van der Waals surface area contributed by atoms with Crippen LogP contribution in [0.3, 0.4) is 0 Å². The zero-order valence-electron chi connectivity index (χ0n) is 12.8. The molecule has 1 aliphatic carbocycles. The van der Waals surface area contributed by atoms with Crippen molar-refractivity contribution in [2.75, 3.05) is 0 Å². The van der Waals surface area contributed by atoms with Crippen LogP contribution in [0.4, 0.5) is 0 Å². The van der Waals surface area contributed by atoms with E-state index >= 15 is 0 Å². The molecule has 5 heteroatoms. The summed E-state index contributed by atoms with van der Waals surface area (Å²) in [5, 5.41) is 15.7. The SMILES string of the molecule is Cc1ccc(-n2nnnc2CNC2CCCCC2)cc1C. The minimum atomic E-state index is 0.614. The molecule has 0 aliphatic heterocycles. The molecule has 1 N–H and O–H groups in total. The Hall–Kier alpha value is -1.75. The standard InChI is InChI=1S/C16H23N5/c1-12-8-9-15(10-13(12)2)21-16(18-19-20-21)11-17-14-6-4-3-5-7-14/h8-10,14,17H,3-7,11H2,1-2H3. The molecule has 0 bridgehead atoms. The molecule has 0 amide bonds. The maximum Gasteiger partial charge on any atom is 0.170 e. The van der Waals surface area contributed by atoms with Crippen LogP contribution in [0.1, 0.15) is 49.1 Å². The van der Waals surface area contributed by atoms with Crippen molar-refractivity contribution in [3.05, 3.63) is 35.2 Å². The number of aromatic nitrogens is 4. The van der Waals surface area contributed by atoms with Crippen molar-refractivity contribution >= 4 is 0 Å². The summed E-state index contributed by atoms with van der Waals surface area (Å²) in [7, 11) is 0. The van der Waals surface area contributed by atoms with Crippen molar-refractivity contribution < 1.29 is 0 Å². The zero-order chi connectivity index (χ0) is 14.7. The number of hydrogen-bond donors (Lipinski definition) is 1. The minimum Gasteiger partial charge on any atom is -0.307 e. The van der Waals surface area contributed by atoms with Crippen LogP contribution in [0.15, 0.2) is 18.2 Å². The van der Waals surface area contributed by atoms with Crippen molar-refractivity contribution in [3.63, 3.8) is 0 Å². The Kier molecular flexibility index (Phi) is 4.29. The van der Waals surface area contributed by atoms with Crippen molar-refractivity contribution in [2.24, 2.45) is 0 Å². The van der Waals surface area contributed by atoms with Gasteiger partial charge in [0, 0.05) is 6.04 Å². The third-order valence-electron chi connectivity index (χ3n) is 4.42. The molecule has 1 saturated carbocycles. The molecule has 1 aliphatic rings. The van der Waals surface area contributed by atoms with Crippen LogP contribution >= 0.6 is 0 Å². The molecule has 112 valence electrons. The number of rotatable bonds is 4. The summed E-state index contributed by atoms with van der Waals surface area (Å²) < 4.78 is 1.84. The van der Waals surface area contributed by atoms with Gasteiger partial charge >= 0.3 is 0 Å². The molecule has 0 spiro atoms. The normalized spacial score (nSPS) is 16.3. The maximum atomic E-state index is 4.17. The molecule has 1 aromatic carbocycles. The molecule has 21 heavy (non-hydrogen) atoms. The summed E-state index contributed by atoms with van der Waals surface area (Å²) in [6.07, 6.45) is 6.58. The molecule has 0 atom stereocenters. The van der Waals surface area contributed by atoms with Crippen LogP contribution in [0.5, 0.6) is 0 Å². The number of hydrogen-bond acceptors (Lipinski definition) is 4. The first-order valence-corrected chi connectivity index (χ1v) is 7.82. The van der Waals surface area contributed by atoms with E-state index in [1.54, 1.807) is 0 Å². The molecule has 0 radical (unpaired) electrons. The second-order valence-corrected chi connectivity index (χ2v) is 5.99. The van der Waals surface area contributed by atoms with Gasteiger partial charge in [-0.3, -0.25) is 0 Å². The molecule has 1 heterocycles. The number of tetrazole rings is 1. The van der Waals surface area contributed by atoms with Gasteiger partial charge in [0.2, 0.25) is 0 Å². The van der Waals surface area contributed by atoms with Crippen LogP contribution < -0.4 is 5.32 Å². The summed E-state index contributed by atoms with van der Waals surface area (Å²) >= 11 is 0. The average molecular weight is 285 g/mol. The minimum absolute atomic E-state index is 0.614. The summed E-state index contributed by atoms with van der Waals surface area (Å²) in [6.45, 7) is 4.96. The number of benzene rings is 1. The lowest BCUT2D eigenvalue weighted by Crippen LogP contribution is -2.31. The smallest absolute Gasteiger partial charge is 0.170 e. The van der Waals surface area contributed by atoms with E-state index in [0.717, 1.165) is 18.1 Å². The van der Waals surface area contributed by atoms with E-state index in [9.17, 15) is 0 Å². The number of aryl methyl sites for hydroxylation is 2. The second-order valence-electron chi connectivity index (χ2n) is 5.99. The Balaban J connectivity index is 1.72. The fourth-order valence-electron chi connectivity index (χ4n) is 2.92. The molecule has 1 aromatic heterocycles. The van der Waals surface area contributed by atoms with E-state index in [1.807, 2.05) is 4.68 Å². The first kappa shape index (κ1) is 14.2. The highest BCUT2D eigenvalue weighted by Crippen LogP contribution is 2.18. The van der Waals surface area contributed by atoms with E-state index in [-0.39, 0.29) is 0 Å². The molecule has 2 aromatic rings. The second kappa shape index (κ2) is 6.35. The quantitative estimate of drug-likeness (QED) is 0.938. The molecule has 0 unspecified atom stereocenters. The van der Waals surface area contributed by atoms with Gasteiger partial charge in [0.25, 0.3) is 0 Å². The molecular weight excluding hydrogens is 262 g/mol. The molecule has 1 fully saturated rings. The van der Waals surface area contributed by atoms with Gasteiger partial charge < -0.3 is 5.32 Å².